The van der Waals surface area contributed by atoms with Crippen molar-refractivity contribution < 1.29 is 9.32 Å². The van der Waals surface area contributed by atoms with Crippen molar-refractivity contribution in [2.75, 3.05) is 13.1 Å². The van der Waals surface area contributed by atoms with Crippen LogP contribution in [0.25, 0.3) is 0 Å². The van der Waals surface area contributed by atoms with Crippen LogP contribution in [-0.2, 0) is 17.8 Å². The quantitative estimate of drug-likeness (QED) is 0.804. The zero-order valence-electron chi connectivity index (χ0n) is 15.4. The third-order valence-electron chi connectivity index (χ3n) is 4.72. The lowest BCUT2D eigenvalue weighted by molar-refractivity contribution is -0.132. The molecule has 1 saturated heterocycles. The van der Waals surface area contributed by atoms with Crippen LogP contribution >= 0.6 is 0 Å². The van der Waals surface area contributed by atoms with Crippen LogP contribution in [0, 0.1) is 13.8 Å². The predicted octanol–water partition coefficient (Wildman–Crippen LogP) is 2.63. The molecule has 3 rings (SSSR count). The fourth-order valence-electron chi connectivity index (χ4n) is 3.42. The Morgan fingerprint density at radius 1 is 1.40 bits per heavy atom. The molecule has 136 valence electrons. The molecule has 2 aromatic heterocycles. The van der Waals surface area contributed by atoms with Crippen LogP contribution in [0.3, 0.4) is 0 Å². The Hall–Kier alpha value is -2.18. The standard InChI is InChI=1S/C18H27N5O2/c1-4-6-16-19-18(25-21-16)15-7-5-9-22(12-15)17(24)8-10-23-14(3)11-13(2)20-23/h11,15H,4-10,12H2,1-3H3/t15-/m0/s1. The van der Waals surface area contributed by atoms with Crippen LogP contribution in [0.5, 0.6) is 0 Å². The lowest BCUT2D eigenvalue weighted by Crippen LogP contribution is -2.39. The summed E-state index contributed by atoms with van der Waals surface area (Å²) in [5, 5.41) is 8.46. The minimum absolute atomic E-state index is 0.157. The zero-order valence-corrected chi connectivity index (χ0v) is 15.4. The van der Waals surface area contributed by atoms with E-state index in [9.17, 15) is 4.79 Å². The largest absolute Gasteiger partial charge is 0.342 e. The number of carbonyl (C=O) groups excluding carboxylic acids is 1. The Morgan fingerprint density at radius 3 is 2.96 bits per heavy atom. The summed E-state index contributed by atoms with van der Waals surface area (Å²) in [4.78, 5) is 19.0. The fraction of sp³-hybridized carbons (Fsp3) is 0.667. The molecule has 7 heteroatoms. The summed E-state index contributed by atoms with van der Waals surface area (Å²) in [7, 11) is 0. The molecule has 25 heavy (non-hydrogen) atoms. The Kier molecular flexibility index (Phi) is 5.50. The van der Waals surface area contributed by atoms with E-state index >= 15 is 0 Å². The van der Waals surface area contributed by atoms with Gasteiger partial charge in [0.2, 0.25) is 11.8 Å². The number of aryl methyl sites for hydroxylation is 4. The molecule has 0 N–H and O–H groups in total. The topological polar surface area (TPSA) is 77.0 Å². The number of rotatable bonds is 6. The van der Waals surface area contributed by atoms with Gasteiger partial charge in [-0.05, 0) is 39.2 Å². The van der Waals surface area contributed by atoms with Crippen molar-refractivity contribution in [2.45, 2.75) is 65.3 Å². The van der Waals surface area contributed by atoms with Crippen LogP contribution in [0.2, 0.25) is 0 Å². The van der Waals surface area contributed by atoms with E-state index in [2.05, 4.69) is 22.2 Å². The molecule has 7 nitrogen and oxygen atoms in total. The summed E-state index contributed by atoms with van der Waals surface area (Å²) in [6.45, 7) is 8.19. The molecule has 0 spiro atoms. The Morgan fingerprint density at radius 2 is 2.24 bits per heavy atom. The van der Waals surface area contributed by atoms with E-state index in [0.717, 1.165) is 49.4 Å². The first-order valence-electron chi connectivity index (χ1n) is 9.18. The van der Waals surface area contributed by atoms with E-state index in [0.29, 0.717) is 25.4 Å². The van der Waals surface area contributed by atoms with Gasteiger partial charge in [0.1, 0.15) is 0 Å². The second-order valence-corrected chi connectivity index (χ2v) is 6.88. The molecule has 1 amide bonds. The number of piperidine rings is 1. The summed E-state index contributed by atoms with van der Waals surface area (Å²) in [6, 6.07) is 2.03. The molecule has 0 aromatic carbocycles. The summed E-state index contributed by atoms with van der Waals surface area (Å²) in [6.07, 6.45) is 4.28. The summed E-state index contributed by atoms with van der Waals surface area (Å²) < 4.78 is 7.33. The highest BCUT2D eigenvalue weighted by atomic mass is 16.5. The molecule has 0 radical (unpaired) electrons. The number of aromatic nitrogens is 4. The van der Waals surface area contributed by atoms with Crippen molar-refractivity contribution in [3.05, 3.63) is 29.2 Å². The van der Waals surface area contributed by atoms with Crippen LogP contribution < -0.4 is 0 Å². The first-order chi connectivity index (χ1) is 12.1. The van der Waals surface area contributed by atoms with Gasteiger partial charge in [0, 0.05) is 38.2 Å². The van der Waals surface area contributed by atoms with Gasteiger partial charge in [-0.3, -0.25) is 9.48 Å². The number of hydrogen-bond donors (Lipinski definition) is 0. The van der Waals surface area contributed by atoms with Crippen molar-refractivity contribution >= 4 is 5.91 Å². The van der Waals surface area contributed by atoms with Crippen LogP contribution in [0.15, 0.2) is 10.6 Å². The van der Waals surface area contributed by atoms with Crippen molar-refractivity contribution in [1.82, 2.24) is 24.8 Å². The fourth-order valence-corrected chi connectivity index (χ4v) is 3.42. The van der Waals surface area contributed by atoms with Crippen LogP contribution in [0.4, 0.5) is 0 Å². The monoisotopic (exact) mass is 345 g/mol. The first-order valence-corrected chi connectivity index (χ1v) is 9.18. The highest BCUT2D eigenvalue weighted by Gasteiger charge is 2.28. The molecule has 2 aromatic rings. The second-order valence-electron chi connectivity index (χ2n) is 6.88. The molecule has 1 aliphatic rings. The minimum atomic E-state index is 0.157. The van der Waals surface area contributed by atoms with E-state index in [-0.39, 0.29) is 11.8 Å². The molecule has 1 aliphatic heterocycles. The smallest absolute Gasteiger partial charge is 0.231 e. The summed E-state index contributed by atoms with van der Waals surface area (Å²) in [5.41, 5.74) is 2.08. The molecular formula is C18H27N5O2. The van der Waals surface area contributed by atoms with Gasteiger partial charge >= 0.3 is 0 Å². The zero-order chi connectivity index (χ0) is 17.8. The number of nitrogens with zero attached hydrogens (tertiary/aromatic N) is 5. The summed E-state index contributed by atoms with van der Waals surface area (Å²) >= 11 is 0. The van der Waals surface area contributed by atoms with Crippen molar-refractivity contribution in [3.63, 3.8) is 0 Å². The Balaban J connectivity index is 1.56. The number of likely N-dealkylation sites (tertiary alicyclic amines) is 1. The second kappa shape index (κ2) is 7.80. The van der Waals surface area contributed by atoms with Gasteiger partial charge in [0.15, 0.2) is 5.82 Å². The lowest BCUT2D eigenvalue weighted by atomic mass is 9.97. The third-order valence-corrected chi connectivity index (χ3v) is 4.72. The average Bonchev–Trinajstić information content (AvgIpc) is 3.19. The van der Waals surface area contributed by atoms with Gasteiger partial charge in [-0.2, -0.15) is 10.1 Å². The number of carbonyl (C=O) groups is 1. The third kappa shape index (κ3) is 4.27. The lowest BCUT2D eigenvalue weighted by Gasteiger charge is -2.31. The predicted molar refractivity (Wildman–Crippen MR) is 93.2 cm³/mol. The van der Waals surface area contributed by atoms with E-state index in [1.54, 1.807) is 0 Å². The highest BCUT2D eigenvalue weighted by Crippen LogP contribution is 2.26. The van der Waals surface area contributed by atoms with Crippen molar-refractivity contribution in [3.8, 4) is 0 Å². The molecule has 0 aliphatic carbocycles. The van der Waals surface area contributed by atoms with E-state index in [4.69, 9.17) is 4.52 Å². The van der Waals surface area contributed by atoms with Gasteiger partial charge in [-0.25, -0.2) is 0 Å². The molecule has 3 heterocycles. The Bertz CT molecular complexity index is 721. The van der Waals surface area contributed by atoms with Crippen molar-refractivity contribution in [2.24, 2.45) is 0 Å². The normalized spacial score (nSPS) is 17.9. The van der Waals surface area contributed by atoms with Gasteiger partial charge < -0.3 is 9.42 Å². The highest BCUT2D eigenvalue weighted by molar-refractivity contribution is 5.76. The maximum atomic E-state index is 12.6. The molecular weight excluding hydrogens is 318 g/mol. The van der Waals surface area contributed by atoms with Gasteiger partial charge in [-0.1, -0.05) is 12.1 Å². The van der Waals surface area contributed by atoms with Gasteiger partial charge in [0.25, 0.3) is 0 Å². The molecule has 0 saturated carbocycles. The first kappa shape index (κ1) is 17.6. The van der Waals surface area contributed by atoms with Gasteiger partial charge in [0.05, 0.1) is 11.6 Å². The van der Waals surface area contributed by atoms with E-state index in [1.807, 2.05) is 29.5 Å². The maximum Gasteiger partial charge on any atom is 0.231 e. The van der Waals surface area contributed by atoms with Gasteiger partial charge in [-0.15, -0.1) is 0 Å². The SMILES string of the molecule is CCCc1noc([C@H]2CCCN(C(=O)CCn3nc(C)cc3C)C2)n1. The number of amides is 1. The van der Waals surface area contributed by atoms with Crippen molar-refractivity contribution in [1.29, 1.82) is 0 Å². The minimum Gasteiger partial charge on any atom is -0.342 e. The van der Waals surface area contributed by atoms with E-state index in [1.165, 1.54) is 0 Å². The molecule has 1 fully saturated rings. The van der Waals surface area contributed by atoms with Crippen LogP contribution in [-0.4, -0.2) is 43.8 Å². The number of hydrogen-bond acceptors (Lipinski definition) is 5. The van der Waals surface area contributed by atoms with Crippen LogP contribution in [0.1, 0.15) is 61.6 Å². The molecule has 0 unspecified atom stereocenters. The summed E-state index contributed by atoms with van der Waals surface area (Å²) in [5.74, 6) is 1.78. The maximum absolute atomic E-state index is 12.6. The van der Waals surface area contributed by atoms with E-state index < -0.39 is 0 Å². The molecule has 1 atom stereocenters. The Labute approximate surface area is 148 Å². The molecule has 0 bridgehead atoms. The average molecular weight is 345 g/mol.